The minimum Gasteiger partial charge on any atom is -0.493 e. The molecule has 0 aliphatic carbocycles. The molecule has 1 heterocycles. The van der Waals surface area contributed by atoms with E-state index < -0.39 is 5.97 Å². The van der Waals surface area contributed by atoms with E-state index in [2.05, 4.69) is 25.9 Å². The lowest BCUT2D eigenvalue weighted by atomic mass is 10.2. The number of carbonyl (C=O) groups excluding carboxylic acids is 1. The summed E-state index contributed by atoms with van der Waals surface area (Å²) in [6, 6.07) is 3.45. The minimum absolute atomic E-state index is 0.0147. The maximum Gasteiger partial charge on any atom is 0.361 e. The first-order valence-electron chi connectivity index (χ1n) is 6.20. The number of hydrogen-bond acceptors (Lipinski definition) is 7. The van der Waals surface area contributed by atoms with Crippen LogP contribution >= 0.6 is 15.9 Å². The van der Waals surface area contributed by atoms with Crippen molar-refractivity contribution in [1.29, 1.82) is 0 Å². The quantitative estimate of drug-likeness (QED) is 0.808. The van der Waals surface area contributed by atoms with Gasteiger partial charge in [-0.05, 0) is 12.1 Å². The zero-order valence-electron chi connectivity index (χ0n) is 12.0. The molecule has 2 rings (SSSR count). The number of methoxy groups -OCH3 is 2. The predicted molar refractivity (Wildman–Crippen MR) is 82.8 cm³/mol. The molecule has 0 radical (unpaired) electrons. The van der Waals surface area contributed by atoms with E-state index in [0.29, 0.717) is 17.1 Å². The molecule has 1 aromatic heterocycles. The van der Waals surface area contributed by atoms with E-state index in [-0.39, 0.29) is 18.1 Å². The highest BCUT2D eigenvalue weighted by atomic mass is 79.9. The lowest BCUT2D eigenvalue weighted by Crippen LogP contribution is -2.11. The fourth-order valence-corrected chi connectivity index (χ4v) is 2.16. The van der Waals surface area contributed by atoms with Crippen molar-refractivity contribution in [2.24, 2.45) is 0 Å². The van der Waals surface area contributed by atoms with Gasteiger partial charge in [0.2, 0.25) is 0 Å². The molecule has 8 heteroatoms. The fraction of sp³-hybridized carbons (Fsp3) is 0.214. The van der Waals surface area contributed by atoms with Gasteiger partial charge in [-0.3, -0.25) is 0 Å². The van der Waals surface area contributed by atoms with Gasteiger partial charge in [0, 0.05) is 22.4 Å². The van der Waals surface area contributed by atoms with E-state index in [9.17, 15) is 4.79 Å². The highest BCUT2D eigenvalue weighted by molar-refractivity contribution is 9.10. The van der Waals surface area contributed by atoms with E-state index in [4.69, 9.17) is 19.9 Å². The highest BCUT2D eigenvalue weighted by Gasteiger charge is 2.16. The molecule has 7 nitrogen and oxygen atoms in total. The topological polar surface area (TPSA) is 96.6 Å². The Balaban J connectivity index is 2.15. The predicted octanol–water partition coefficient (Wildman–Crippen LogP) is 2.20. The lowest BCUT2D eigenvalue weighted by Gasteiger charge is -2.12. The number of benzene rings is 1. The van der Waals surface area contributed by atoms with Gasteiger partial charge in [0.15, 0.2) is 23.0 Å². The molecule has 0 saturated heterocycles. The Bertz CT molecular complexity index is 694. The minimum atomic E-state index is -0.646. The average Bonchev–Trinajstić information content (AvgIpc) is 2.53. The SMILES string of the molecule is COc1cc(Br)c(COC(=O)c2nccnc2N)cc1OC. The van der Waals surface area contributed by atoms with Crippen LogP contribution < -0.4 is 15.2 Å². The molecular formula is C14H14BrN3O4. The van der Waals surface area contributed by atoms with Gasteiger partial charge in [-0.25, -0.2) is 14.8 Å². The van der Waals surface area contributed by atoms with Crippen molar-refractivity contribution in [3.8, 4) is 11.5 Å². The number of halogens is 1. The molecule has 0 unspecified atom stereocenters. The van der Waals surface area contributed by atoms with Gasteiger partial charge in [0.05, 0.1) is 14.2 Å². The van der Waals surface area contributed by atoms with E-state index in [0.717, 1.165) is 4.47 Å². The lowest BCUT2D eigenvalue weighted by molar-refractivity contribution is 0.0465. The molecule has 0 amide bonds. The van der Waals surface area contributed by atoms with Gasteiger partial charge >= 0.3 is 5.97 Å². The molecule has 0 atom stereocenters. The van der Waals surface area contributed by atoms with Crippen LogP contribution in [0.4, 0.5) is 5.82 Å². The molecule has 0 saturated carbocycles. The molecule has 2 aromatic rings. The zero-order chi connectivity index (χ0) is 16.1. The molecule has 22 heavy (non-hydrogen) atoms. The van der Waals surface area contributed by atoms with Gasteiger partial charge in [0.1, 0.15) is 6.61 Å². The molecule has 116 valence electrons. The number of hydrogen-bond donors (Lipinski definition) is 1. The Labute approximate surface area is 135 Å². The summed E-state index contributed by atoms with van der Waals surface area (Å²) in [5.41, 5.74) is 6.29. The summed E-state index contributed by atoms with van der Waals surface area (Å²) in [6.07, 6.45) is 2.77. The number of esters is 1. The number of nitrogens with two attached hydrogens (primary N) is 1. The van der Waals surface area contributed by atoms with E-state index in [1.807, 2.05) is 0 Å². The number of nitrogen functional groups attached to an aromatic ring is 1. The second-order valence-electron chi connectivity index (χ2n) is 4.16. The van der Waals surface area contributed by atoms with Gasteiger partial charge in [-0.2, -0.15) is 0 Å². The molecule has 0 spiro atoms. The van der Waals surface area contributed by atoms with Gasteiger partial charge in [-0.15, -0.1) is 0 Å². The van der Waals surface area contributed by atoms with Crippen LogP contribution in [0.3, 0.4) is 0 Å². The number of aromatic nitrogens is 2. The van der Waals surface area contributed by atoms with Crippen molar-refractivity contribution in [2.75, 3.05) is 20.0 Å². The zero-order valence-corrected chi connectivity index (χ0v) is 13.6. The van der Waals surface area contributed by atoms with Crippen LogP contribution in [0.25, 0.3) is 0 Å². The molecule has 0 aliphatic heterocycles. The standard InChI is InChI=1S/C14H14BrN3O4/c1-20-10-5-8(9(15)6-11(10)21-2)7-22-14(19)12-13(16)18-4-3-17-12/h3-6H,7H2,1-2H3,(H2,16,18). The van der Waals surface area contributed by atoms with Crippen LogP contribution in [0, 0.1) is 0 Å². The monoisotopic (exact) mass is 367 g/mol. The summed E-state index contributed by atoms with van der Waals surface area (Å²) in [6.45, 7) is 0.0236. The maximum atomic E-state index is 12.0. The van der Waals surface area contributed by atoms with Crippen molar-refractivity contribution in [2.45, 2.75) is 6.61 Å². The Morgan fingerprint density at radius 3 is 2.45 bits per heavy atom. The van der Waals surface area contributed by atoms with Crippen molar-refractivity contribution < 1.29 is 19.0 Å². The van der Waals surface area contributed by atoms with Crippen molar-refractivity contribution in [3.05, 3.63) is 40.3 Å². The van der Waals surface area contributed by atoms with Crippen LogP contribution in [0.5, 0.6) is 11.5 Å². The number of anilines is 1. The Morgan fingerprint density at radius 2 is 1.82 bits per heavy atom. The number of rotatable bonds is 5. The summed E-state index contributed by atoms with van der Waals surface area (Å²) < 4.78 is 16.3. The second-order valence-corrected chi connectivity index (χ2v) is 5.02. The van der Waals surface area contributed by atoms with Crippen molar-refractivity contribution >= 4 is 27.7 Å². The van der Waals surface area contributed by atoms with Gasteiger partial charge in [-0.1, -0.05) is 15.9 Å². The first-order valence-corrected chi connectivity index (χ1v) is 7.00. The normalized spacial score (nSPS) is 10.1. The third kappa shape index (κ3) is 3.45. The Kier molecular flexibility index (Phi) is 5.16. The number of nitrogens with zero attached hydrogens (tertiary/aromatic N) is 2. The summed E-state index contributed by atoms with van der Waals surface area (Å²) >= 11 is 3.39. The van der Waals surface area contributed by atoms with Gasteiger partial charge < -0.3 is 19.9 Å². The van der Waals surface area contributed by atoms with Crippen LogP contribution in [0.2, 0.25) is 0 Å². The fourth-order valence-electron chi connectivity index (χ4n) is 1.72. The first kappa shape index (κ1) is 16.0. The van der Waals surface area contributed by atoms with E-state index >= 15 is 0 Å². The molecule has 0 fully saturated rings. The summed E-state index contributed by atoms with van der Waals surface area (Å²) in [4.78, 5) is 19.6. The smallest absolute Gasteiger partial charge is 0.361 e. The third-order valence-electron chi connectivity index (χ3n) is 2.83. The summed E-state index contributed by atoms with van der Waals surface area (Å²) in [7, 11) is 3.07. The molecule has 1 aromatic carbocycles. The first-order chi connectivity index (χ1) is 10.6. The van der Waals surface area contributed by atoms with E-state index in [1.165, 1.54) is 19.5 Å². The average molecular weight is 368 g/mol. The Morgan fingerprint density at radius 1 is 1.18 bits per heavy atom. The van der Waals surface area contributed by atoms with Gasteiger partial charge in [0.25, 0.3) is 0 Å². The highest BCUT2D eigenvalue weighted by Crippen LogP contribution is 2.33. The summed E-state index contributed by atoms with van der Waals surface area (Å²) in [5, 5.41) is 0. The van der Waals surface area contributed by atoms with Crippen LogP contribution in [-0.2, 0) is 11.3 Å². The van der Waals surface area contributed by atoms with Crippen LogP contribution in [0.1, 0.15) is 16.1 Å². The van der Waals surface area contributed by atoms with E-state index in [1.54, 1.807) is 19.2 Å². The molecule has 2 N–H and O–H groups in total. The number of ether oxygens (including phenoxy) is 3. The van der Waals surface area contributed by atoms with Crippen molar-refractivity contribution in [3.63, 3.8) is 0 Å². The number of carbonyl (C=O) groups is 1. The third-order valence-corrected chi connectivity index (χ3v) is 3.57. The Hall–Kier alpha value is -2.35. The molecule has 0 bridgehead atoms. The largest absolute Gasteiger partial charge is 0.493 e. The second kappa shape index (κ2) is 7.08. The van der Waals surface area contributed by atoms with Crippen LogP contribution in [0.15, 0.2) is 29.0 Å². The van der Waals surface area contributed by atoms with Crippen molar-refractivity contribution in [1.82, 2.24) is 9.97 Å². The molecule has 0 aliphatic rings. The van der Waals surface area contributed by atoms with Crippen LogP contribution in [-0.4, -0.2) is 30.2 Å². The summed E-state index contributed by atoms with van der Waals surface area (Å²) in [5.74, 6) is 0.490. The molecular weight excluding hydrogens is 354 g/mol. The maximum absolute atomic E-state index is 12.0.